The molecule has 9 nitrogen and oxygen atoms in total. The Hall–Kier alpha value is -2.19. The molecule has 2 saturated heterocycles. The van der Waals surface area contributed by atoms with Crippen molar-refractivity contribution >= 4 is 18.2 Å². The first-order chi connectivity index (χ1) is 13.2. The fourth-order valence-electron chi connectivity index (χ4n) is 3.52. The van der Waals surface area contributed by atoms with Gasteiger partial charge in [-0.2, -0.15) is 0 Å². The van der Waals surface area contributed by atoms with Gasteiger partial charge in [0, 0.05) is 32.7 Å². The highest BCUT2D eigenvalue weighted by atomic mass is 16.6. The number of rotatable bonds is 2. The Balaban J connectivity index is 1.98. The van der Waals surface area contributed by atoms with Crippen LogP contribution in [0.25, 0.3) is 0 Å². The lowest BCUT2D eigenvalue weighted by molar-refractivity contribution is 0.0298. The van der Waals surface area contributed by atoms with Gasteiger partial charge in [-0.1, -0.05) is 0 Å². The summed E-state index contributed by atoms with van der Waals surface area (Å²) in [5, 5.41) is 1.39. The molecule has 2 fully saturated rings. The van der Waals surface area contributed by atoms with Crippen LogP contribution < -0.4 is 5.43 Å². The second-order valence-corrected chi connectivity index (χ2v) is 8.46. The Morgan fingerprint density at radius 1 is 1.00 bits per heavy atom. The first-order valence-electron chi connectivity index (χ1n) is 10.1. The molecule has 0 saturated carbocycles. The Morgan fingerprint density at radius 3 is 2.14 bits per heavy atom. The number of nitrogens with zero attached hydrogens (tertiary/aromatic N) is 3. The van der Waals surface area contributed by atoms with Gasteiger partial charge in [-0.15, -0.1) is 0 Å². The number of piperidine rings is 2. The van der Waals surface area contributed by atoms with Crippen molar-refractivity contribution in [2.75, 3.05) is 39.8 Å². The summed E-state index contributed by atoms with van der Waals surface area (Å²) < 4.78 is 10.1. The van der Waals surface area contributed by atoms with E-state index in [1.165, 1.54) is 12.1 Å². The minimum absolute atomic E-state index is 0.185. The molecule has 0 aromatic rings. The summed E-state index contributed by atoms with van der Waals surface area (Å²) in [4.78, 5) is 40.3. The lowest BCUT2D eigenvalue weighted by Gasteiger charge is -2.37. The molecule has 0 aromatic carbocycles. The molecule has 2 heterocycles. The summed E-state index contributed by atoms with van der Waals surface area (Å²) in [5.41, 5.74) is 2.00. The number of ether oxygens (including phenoxy) is 2. The molecule has 0 aliphatic carbocycles. The van der Waals surface area contributed by atoms with Crippen molar-refractivity contribution in [3.8, 4) is 0 Å². The molecule has 2 aliphatic rings. The number of hydrogen-bond donors (Lipinski definition) is 1. The number of carbonyl (C=O) groups is 3. The lowest BCUT2D eigenvalue weighted by atomic mass is 9.97. The Labute approximate surface area is 167 Å². The van der Waals surface area contributed by atoms with Crippen LogP contribution in [0.4, 0.5) is 14.4 Å². The quantitative estimate of drug-likeness (QED) is 0.722. The van der Waals surface area contributed by atoms with Gasteiger partial charge in [-0.25, -0.2) is 24.8 Å². The molecule has 4 amide bonds. The number of hydrogen-bond acceptors (Lipinski definition) is 5. The fraction of sp³-hybridized carbons (Fsp3) is 0.842. The van der Waals surface area contributed by atoms with Gasteiger partial charge >= 0.3 is 18.2 Å². The summed E-state index contributed by atoms with van der Waals surface area (Å²) in [5.74, 6) is 0.185. The van der Waals surface area contributed by atoms with Gasteiger partial charge in [0.2, 0.25) is 0 Å². The van der Waals surface area contributed by atoms with Gasteiger partial charge in [0.1, 0.15) is 5.60 Å². The first-order valence-corrected chi connectivity index (χ1v) is 10.1. The Kier molecular flexibility index (Phi) is 7.77. The van der Waals surface area contributed by atoms with E-state index >= 15 is 0 Å². The average molecular weight is 399 g/mol. The van der Waals surface area contributed by atoms with E-state index in [4.69, 9.17) is 9.47 Å². The summed E-state index contributed by atoms with van der Waals surface area (Å²) >= 11 is 0. The van der Waals surface area contributed by atoms with E-state index in [1.54, 1.807) is 30.6 Å². The van der Waals surface area contributed by atoms with Crippen LogP contribution in [0.3, 0.4) is 0 Å². The van der Waals surface area contributed by atoms with Crippen molar-refractivity contribution < 1.29 is 23.9 Å². The summed E-state index contributed by atoms with van der Waals surface area (Å²) in [6.45, 7) is 8.30. The standard InChI is InChI=1S/C19H34N4O5/c1-19(2,3)28-16(24)20-23(17(25)21-10-6-5-7-11-21)14-15-8-12-22(13-9-15)18(26)27-4/h15H,5-14H2,1-4H3,(H,20,24). The van der Waals surface area contributed by atoms with Crippen LogP contribution in [0.1, 0.15) is 52.9 Å². The van der Waals surface area contributed by atoms with Gasteiger partial charge in [0.05, 0.1) is 7.11 Å². The zero-order valence-corrected chi connectivity index (χ0v) is 17.5. The molecule has 1 N–H and O–H groups in total. The van der Waals surface area contributed by atoms with E-state index in [1.807, 2.05) is 0 Å². The number of likely N-dealkylation sites (tertiary alicyclic amines) is 2. The molecular formula is C19H34N4O5. The fourth-order valence-corrected chi connectivity index (χ4v) is 3.52. The smallest absolute Gasteiger partial charge is 0.426 e. The van der Waals surface area contributed by atoms with Crippen molar-refractivity contribution in [1.29, 1.82) is 0 Å². The van der Waals surface area contributed by atoms with E-state index in [-0.39, 0.29) is 18.0 Å². The largest absolute Gasteiger partial charge is 0.453 e. The van der Waals surface area contributed by atoms with Crippen LogP contribution in [0.15, 0.2) is 0 Å². The monoisotopic (exact) mass is 398 g/mol. The van der Waals surface area contributed by atoms with Crippen molar-refractivity contribution in [3.05, 3.63) is 0 Å². The molecule has 0 atom stereocenters. The van der Waals surface area contributed by atoms with E-state index in [9.17, 15) is 14.4 Å². The van der Waals surface area contributed by atoms with Crippen molar-refractivity contribution in [2.45, 2.75) is 58.5 Å². The predicted octanol–water partition coefficient (Wildman–Crippen LogP) is 2.81. The van der Waals surface area contributed by atoms with Crippen molar-refractivity contribution in [3.63, 3.8) is 0 Å². The van der Waals surface area contributed by atoms with Crippen LogP contribution in [-0.2, 0) is 9.47 Å². The first kappa shape index (κ1) is 22.1. The number of methoxy groups -OCH3 is 1. The molecule has 0 bridgehead atoms. The normalized spacial score (nSPS) is 18.4. The van der Waals surface area contributed by atoms with E-state index < -0.39 is 11.7 Å². The Bertz CT molecular complexity index is 549. The molecule has 2 rings (SSSR count). The Morgan fingerprint density at radius 2 is 1.61 bits per heavy atom. The number of nitrogens with one attached hydrogen (secondary N) is 1. The molecule has 2 aliphatic heterocycles. The highest BCUT2D eigenvalue weighted by Crippen LogP contribution is 2.20. The third-order valence-electron chi connectivity index (χ3n) is 4.97. The molecule has 0 radical (unpaired) electrons. The maximum absolute atomic E-state index is 13.0. The van der Waals surface area contributed by atoms with Gasteiger partial charge in [0.15, 0.2) is 0 Å². The van der Waals surface area contributed by atoms with Crippen molar-refractivity contribution in [1.82, 2.24) is 20.2 Å². The van der Waals surface area contributed by atoms with Gasteiger partial charge in [0.25, 0.3) is 0 Å². The number of hydrazine groups is 1. The third kappa shape index (κ3) is 6.76. The summed E-state index contributed by atoms with van der Waals surface area (Å²) in [6.07, 6.45) is 3.60. The molecule has 0 spiro atoms. The maximum Gasteiger partial charge on any atom is 0.426 e. The second kappa shape index (κ2) is 9.84. The maximum atomic E-state index is 13.0. The van der Waals surface area contributed by atoms with E-state index in [2.05, 4.69) is 5.43 Å². The highest BCUT2D eigenvalue weighted by Gasteiger charge is 2.30. The molecular weight excluding hydrogens is 364 g/mol. The topological polar surface area (TPSA) is 91.4 Å². The minimum Gasteiger partial charge on any atom is -0.453 e. The average Bonchev–Trinajstić information content (AvgIpc) is 2.66. The van der Waals surface area contributed by atoms with Crippen molar-refractivity contribution in [2.24, 2.45) is 5.92 Å². The van der Waals surface area contributed by atoms with Crippen LogP contribution in [0.2, 0.25) is 0 Å². The van der Waals surface area contributed by atoms with Crippen LogP contribution in [0, 0.1) is 5.92 Å². The lowest BCUT2D eigenvalue weighted by Crippen LogP contribution is -2.56. The van der Waals surface area contributed by atoms with Gasteiger partial charge in [-0.05, 0) is 58.8 Å². The van der Waals surface area contributed by atoms with Crippen LogP contribution in [-0.4, -0.2) is 78.5 Å². The van der Waals surface area contributed by atoms with Crippen LogP contribution >= 0.6 is 0 Å². The van der Waals surface area contributed by atoms with Gasteiger partial charge in [-0.3, -0.25) is 0 Å². The van der Waals surface area contributed by atoms with Gasteiger partial charge < -0.3 is 19.3 Å². The second-order valence-electron chi connectivity index (χ2n) is 8.46. The zero-order valence-electron chi connectivity index (χ0n) is 17.5. The molecule has 160 valence electrons. The minimum atomic E-state index is -0.643. The third-order valence-corrected chi connectivity index (χ3v) is 4.97. The molecule has 0 unspecified atom stereocenters. The van der Waals surface area contributed by atoms with E-state index in [0.29, 0.717) is 32.7 Å². The highest BCUT2D eigenvalue weighted by molar-refractivity contribution is 5.78. The molecule has 9 heteroatoms. The molecule has 28 heavy (non-hydrogen) atoms. The molecule has 0 aromatic heterocycles. The zero-order chi connectivity index (χ0) is 20.7. The number of carbonyl (C=O) groups excluding carboxylic acids is 3. The van der Waals surface area contributed by atoms with Crippen LogP contribution in [0.5, 0.6) is 0 Å². The van der Waals surface area contributed by atoms with E-state index in [0.717, 1.165) is 32.1 Å². The summed E-state index contributed by atoms with van der Waals surface area (Å²) in [6, 6.07) is -0.194. The SMILES string of the molecule is COC(=O)N1CCC(CN(NC(=O)OC(C)(C)C)C(=O)N2CCCCC2)CC1. The number of amides is 4. The summed E-state index contributed by atoms with van der Waals surface area (Å²) in [7, 11) is 1.37. The number of urea groups is 1. The predicted molar refractivity (Wildman–Crippen MR) is 104 cm³/mol.